The number of carbonyl (C=O) groups is 1. The summed E-state index contributed by atoms with van der Waals surface area (Å²) in [6.45, 7) is 3.71. The molecule has 0 aliphatic rings. The molecule has 17 heavy (non-hydrogen) atoms. The Labute approximate surface area is 105 Å². The van der Waals surface area contributed by atoms with Gasteiger partial charge in [-0.1, -0.05) is 18.2 Å². The lowest BCUT2D eigenvalue weighted by molar-refractivity contribution is 0.163. The highest BCUT2D eigenvalue weighted by molar-refractivity contribution is 6.29. The zero-order valence-electron chi connectivity index (χ0n) is 9.53. The summed E-state index contributed by atoms with van der Waals surface area (Å²) in [6, 6.07) is 6.94. The molecule has 92 valence electrons. The highest BCUT2D eigenvalue weighted by atomic mass is 35.5. The Balaban J connectivity index is 2.37. The van der Waals surface area contributed by atoms with Crippen molar-refractivity contribution in [1.29, 1.82) is 0 Å². The standard InChI is InChI=1S/C12H14ClNO3/c1-9(13)7-8-17-12(15)14-10-3-5-11(16-2)6-4-10/h3-6H,1,7-8H2,2H3,(H,14,15). The molecule has 1 aromatic carbocycles. The molecule has 0 heterocycles. The normalized spacial score (nSPS) is 9.53. The maximum absolute atomic E-state index is 11.3. The molecule has 0 atom stereocenters. The molecule has 0 aliphatic heterocycles. The Morgan fingerprint density at radius 3 is 2.59 bits per heavy atom. The summed E-state index contributed by atoms with van der Waals surface area (Å²) >= 11 is 5.53. The van der Waals surface area contributed by atoms with Gasteiger partial charge in [0.25, 0.3) is 0 Å². The van der Waals surface area contributed by atoms with Gasteiger partial charge in [-0.3, -0.25) is 5.32 Å². The van der Waals surface area contributed by atoms with Gasteiger partial charge in [0.1, 0.15) is 5.75 Å². The number of methoxy groups -OCH3 is 1. The van der Waals surface area contributed by atoms with Gasteiger partial charge in [-0.2, -0.15) is 0 Å². The van der Waals surface area contributed by atoms with Crippen molar-refractivity contribution in [1.82, 2.24) is 0 Å². The van der Waals surface area contributed by atoms with Crippen LogP contribution in [0.25, 0.3) is 0 Å². The Bertz CT molecular complexity index is 389. The average molecular weight is 256 g/mol. The van der Waals surface area contributed by atoms with Crippen LogP contribution in [0.1, 0.15) is 6.42 Å². The molecule has 1 aromatic rings. The number of benzene rings is 1. The molecule has 4 nitrogen and oxygen atoms in total. The molecule has 0 aliphatic carbocycles. The van der Waals surface area contributed by atoms with Crippen molar-refractivity contribution in [3.05, 3.63) is 35.9 Å². The van der Waals surface area contributed by atoms with Crippen molar-refractivity contribution in [2.24, 2.45) is 0 Å². The summed E-state index contributed by atoms with van der Waals surface area (Å²) in [4.78, 5) is 11.3. The third kappa shape index (κ3) is 5.26. The molecule has 0 unspecified atom stereocenters. The molecule has 0 saturated carbocycles. The molecule has 0 aromatic heterocycles. The van der Waals surface area contributed by atoms with Crippen LogP contribution >= 0.6 is 11.6 Å². The van der Waals surface area contributed by atoms with E-state index in [2.05, 4.69) is 11.9 Å². The number of halogens is 1. The first-order chi connectivity index (χ1) is 8.11. The maximum atomic E-state index is 11.3. The lowest BCUT2D eigenvalue weighted by Crippen LogP contribution is -2.14. The summed E-state index contributed by atoms with van der Waals surface area (Å²) in [5, 5.41) is 3.04. The number of rotatable bonds is 5. The molecule has 1 amide bonds. The number of amides is 1. The van der Waals surface area contributed by atoms with Gasteiger partial charge in [-0.05, 0) is 24.3 Å². The van der Waals surface area contributed by atoms with Gasteiger partial charge in [0.2, 0.25) is 0 Å². The van der Waals surface area contributed by atoms with Gasteiger partial charge in [0.15, 0.2) is 0 Å². The van der Waals surface area contributed by atoms with Crippen molar-refractivity contribution >= 4 is 23.4 Å². The minimum Gasteiger partial charge on any atom is -0.497 e. The van der Waals surface area contributed by atoms with Crippen LogP contribution in [0.5, 0.6) is 5.75 Å². The van der Waals surface area contributed by atoms with Crippen LogP contribution in [-0.4, -0.2) is 19.8 Å². The van der Waals surface area contributed by atoms with E-state index in [-0.39, 0.29) is 6.61 Å². The summed E-state index contributed by atoms with van der Waals surface area (Å²) in [6.07, 6.45) is -0.0782. The fourth-order valence-electron chi connectivity index (χ4n) is 1.08. The smallest absolute Gasteiger partial charge is 0.411 e. The molecule has 0 bridgehead atoms. The van der Waals surface area contributed by atoms with Crippen LogP contribution in [0.2, 0.25) is 0 Å². The van der Waals surface area contributed by atoms with Crippen molar-refractivity contribution in [2.45, 2.75) is 6.42 Å². The van der Waals surface area contributed by atoms with Crippen molar-refractivity contribution in [3.63, 3.8) is 0 Å². The maximum Gasteiger partial charge on any atom is 0.411 e. The van der Waals surface area contributed by atoms with E-state index in [1.807, 2.05) is 0 Å². The minimum atomic E-state index is -0.520. The third-order valence-electron chi connectivity index (χ3n) is 1.94. The van der Waals surface area contributed by atoms with Gasteiger partial charge in [0, 0.05) is 17.1 Å². The number of ether oxygens (including phenoxy) is 2. The van der Waals surface area contributed by atoms with Crippen LogP contribution in [0.15, 0.2) is 35.9 Å². The molecule has 0 fully saturated rings. The summed E-state index contributed by atoms with van der Waals surface area (Å²) < 4.78 is 9.88. The Morgan fingerprint density at radius 1 is 1.41 bits per heavy atom. The molecule has 0 spiro atoms. The van der Waals surface area contributed by atoms with E-state index >= 15 is 0 Å². The Kier molecular flexibility index (Phi) is 5.36. The van der Waals surface area contributed by atoms with E-state index in [0.717, 1.165) is 5.75 Å². The highest BCUT2D eigenvalue weighted by Gasteiger charge is 2.03. The zero-order chi connectivity index (χ0) is 12.7. The van der Waals surface area contributed by atoms with Gasteiger partial charge in [-0.25, -0.2) is 4.79 Å². The second-order valence-electron chi connectivity index (χ2n) is 3.26. The summed E-state index contributed by atoms with van der Waals surface area (Å²) in [7, 11) is 1.58. The van der Waals surface area contributed by atoms with Crippen molar-refractivity contribution in [3.8, 4) is 5.75 Å². The van der Waals surface area contributed by atoms with Crippen molar-refractivity contribution in [2.75, 3.05) is 19.0 Å². The van der Waals surface area contributed by atoms with Crippen LogP contribution < -0.4 is 10.1 Å². The molecular weight excluding hydrogens is 242 g/mol. The Hall–Kier alpha value is -1.68. The quantitative estimate of drug-likeness (QED) is 0.877. The molecule has 1 rings (SSSR count). The zero-order valence-corrected chi connectivity index (χ0v) is 10.3. The monoisotopic (exact) mass is 255 g/mol. The molecular formula is C12H14ClNO3. The van der Waals surface area contributed by atoms with Gasteiger partial charge >= 0.3 is 6.09 Å². The second-order valence-corrected chi connectivity index (χ2v) is 3.79. The molecule has 0 radical (unpaired) electrons. The Morgan fingerprint density at radius 2 is 2.06 bits per heavy atom. The van der Waals surface area contributed by atoms with E-state index in [0.29, 0.717) is 17.1 Å². The van der Waals surface area contributed by atoms with E-state index in [1.165, 1.54) is 0 Å². The molecule has 5 heteroatoms. The number of hydrogen-bond acceptors (Lipinski definition) is 3. The molecule has 0 saturated heterocycles. The SMILES string of the molecule is C=C(Cl)CCOC(=O)Nc1ccc(OC)cc1. The predicted molar refractivity (Wildman–Crippen MR) is 67.6 cm³/mol. The number of anilines is 1. The topological polar surface area (TPSA) is 47.6 Å². The first-order valence-electron chi connectivity index (χ1n) is 5.03. The van der Waals surface area contributed by atoms with E-state index in [4.69, 9.17) is 21.1 Å². The predicted octanol–water partition coefficient (Wildman–Crippen LogP) is 3.39. The van der Waals surface area contributed by atoms with Crippen LogP contribution in [0, 0.1) is 0 Å². The first kappa shape index (κ1) is 13.4. The van der Waals surface area contributed by atoms with Crippen molar-refractivity contribution < 1.29 is 14.3 Å². The molecule has 1 N–H and O–H groups in total. The lowest BCUT2D eigenvalue weighted by atomic mass is 10.3. The number of nitrogens with one attached hydrogen (secondary N) is 1. The van der Waals surface area contributed by atoms with E-state index < -0.39 is 6.09 Å². The largest absolute Gasteiger partial charge is 0.497 e. The first-order valence-corrected chi connectivity index (χ1v) is 5.40. The highest BCUT2D eigenvalue weighted by Crippen LogP contribution is 2.15. The van der Waals surface area contributed by atoms with E-state index in [9.17, 15) is 4.79 Å². The lowest BCUT2D eigenvalue weighted by Gasteiger charge is -2.07. The second kappa shape index (κ2) is 6.81. The van der Waals surface area contributed by atoms with Crippen LogP contribution in [0.3, 0.4) is 0 Å². The number of carbonyl (C=O) groups excluding carboxylic acids is 1. The summed E-state index contributed by atoms with van der Waals surface area (Å²) in [5.41, 5.74) is 0.639. The van der Waals surface area contributed by atoms with Crippen LogP contribution in [0.4, 0.5) is 10.5 Å². The fourth-order valence-corrected chi connectivity index (χ4v) is 1.16. The number of hydrogen-bond donors (Lipinski definition) is 1. The van der Waals surface area contributed by atoms with E-state index in [1.54, 1.807) is 31.4 Å². The van der Waals surface area contributed by atoms with Crippen LogP contribution in [-0.2, 0) is 4.74 Å². The average Bonchev–Trinajstić information content (AvgIpc) is 2.29. The summed E-state index contributed by atoms with van der Waals surface area (Å²) in [5.74, 6) is 0.724. The third-order valence-corrected chi connectivity index (χ3v) is 2.13. The van der Waals surface area contributed by atoms with Gasteiger partial charge in [-0.15, -0.1) is 0 Å². The van der Waals surface area contributed by atoms with Gasteiger partial charge in [0.05, 0.1) is 13.7 Å². The fraction of sp³-hybridized carbons (Fsp3) is 0.250. The minimum absolute atomic E-state index is 0.213. The van der Waals surface area contributed by atoms with Gasteiger partial charge < -0.3 is 9.47 Å².